The number of hydrogen-bond acceptors (Lipinski definition) is 5. The van der Waals surface area contributed by atoms with E-state index in [0.717, 1.165) is 16.5 Å². The Morgan fingerprint density at radius 2 is 1.44 bits per heavy atom. The van der Waals surface area contributed by atoms with Gasteiger partial charge in [-0.3, -0.25) is 9.59 Å². The summed E-state index contributed by atoms with van der Waals surface area (Å²) in [7, 11) is 0. The molecule has 4 aromatic carbocycles. The molecule has 0 aliphatic heterocycles. The van der Waals surface area contributed by atoms with E-state index in [0.29, 0.717) is 23.0 Å². The number of para-hydroxylation sites is 1. The molecule has 178 valence electrons. The zero-order chi connectivity index (χ0) is 25.1. The molecule has 0 atom stereocenters. The number of amides is 1. The van der Waals surface area contributed by atoms with Crippen molar-refractivity contribution < 1.29 is 14.3 Å². The quantitative estimate of drug-likeness (QED) is 0.330. The molecule has 0 radical (unpaired) electrons. The summed E-state index contributed by atoms with van der Waals surface area (Å²) in [6.45, 7) is 1.81. The molecule has 7 nitrogen and oxygen atoms in total. The standard InChI is InChI=1S/C29H23N3O4/c1-2-31(25-18-10-12-20-11-6-7-15-22(20)25)26(33)19-36-29(35)27-23-16-8-9-17-24(23)28(34)32(30-27)21-13-4-3-5-14-21/h3-18H,2,19H2,1H3. The number of anilines is 1. The van der Waals surface area contributed by atoms with Crippen LogP contribution in [0.25, 0.3) is 27.2 Å². The van der Waals surface area contributed by atoms with Gasteiger partial charge >= 0.3 is 5.97 Å². The lowest BCUT2D eigenvalue weighted by Crippen LogP contribution is -2.35. The van der Waals surface area contributed by atoms with E-state index in [1.54, 1.807) is 53.4 Å². The van der Waals surface area contributed by atoms with Gasteiger partial charge in [-0.25, -0.2) is 4.79 Å². The Morgan fingerprint density at radius 1 is 0.806 bits per heavy atom. The van der Waals surface area contributed by atoms with Crippen molar-refractivity contribution in [3.05, 3.63) is 113 Å². The number of ether oxygens (including phenoxy) is 1. The molecule has 0 spiro atoms. The van der Waals surface area contributed by atoms with Crippen LogP contribution in [0.4, 0.5) is 5.69 Å². The highest BCUT2D eigenvalue weighted by molar-refractivity contribution is 6.06. The summed E-state index contributed by atoms with van der Waals surface area (Å²) in [6, 6.07) is 29.1. The Balaban J connectivity index is 1.45. The topological polar surface area (TPSA) is 81.5 Å². The van der Waals surface area contributed by atoms with Crippen molar-refractivity contribution >= 4 is 39.1 Å². The molecule has 1 aromatic heterocycles. The van der Waals surface area contributed by atoms with Crippen LogP contribution in [-0.4, -0.2) is 34.8 Å². The molecule has 1 heterocycles. The van der Waals surface area contributed by atoms with Gasteiger partial charge in [0.25, 0.3) is 11.5 Å². The largest absolute Gasteiger partial charge is 0.451 e. The van der Waals surface area contributed by atoms with E-state index in [1.807, 2.05) is 55.5 Å². The molecular weight excluding hydrogens is 454 g/mol. The van der Waals surface area contributed by atoms with Gasteiger partial charge in [-0.15, -0.1) is 0 Å². The van der Waals surface area contributed by atoms with Gasteiger partial charge in [-0.1, -0.05) is 72.8 Å². The van der Waals surface area contributed by atoms with Crippen molar-refractivity contribution in [3.8, 4) is 5.69 Å². The number of rotatable bonds is 6. The van der Waals surface area contributed by atoms with E-state index in [2.05, 4.69) is 5.10 Å². The molecule has 5 rings (SSSR count). The van der Waals surface area contributed by atoms with E-state index in [4.69, 9.17) is 4.74 Å². The number of benzene rings is 4. The minimum absolute atomic E-state index is 0.0323. The minimum Gasteiger partial charge on any atom is -0.451 e. The van der Waals surface area contributed by atoms with Crippen LogP contribution in [0.5, 0.6) is 0 Å². The van der Waals surface area contributed by atoms with Gasteiger partial charge in [-0.2, -0.15) is 9.78 Å². The maximum Gasteiger partial charge on any atom is 0.359 e. The van der Waals surface area contributed by atoms with Crippen molar-refractivity contribution in [1.82, 2.24) is 9.78 Å². The monoisotopic (exact) mass is 477 g/mol. The van der Waals surface area contributed by atoms with Crippen LogP contribution in [0, 0.1) is 0 Å². The number of hydrogen-bond donors (Lipinski definition) is 0. The molecule has 0 aliphatic rings. The molecule has 7 heteroatoms. The fourth-order valence-corrected chi connectivity index (χ4v) is 4.28. The second-order valence-electron chi connectivity index (χ2n) is 8.16. The van der Waals surface area contributed by atoms with Crippen LogP contribution in [0.1, 0.15) is 17.4 Å². The lowest BCUT2D eigenvalue weighted by molar-refractivity contribution is -0.121. The summed E-state index contributed by atoms with van der Waals surface area (Å²) >= 11 is 0. The Bertz CT molecular complexity index is 1640. The molecule has 0 saturated heterocycles. The van der Waals surface area contributed by atoms with E-state index >= 15 is 0 Å². The zero-order valence-electron chi connectivity index (χ0n) is 19.6. The molecule has 0 saturated carbocycles. The Labute approximate surface area is 207 Å². The highest BCUT2D eigenvalue weighted by Gasteiger charge is 2.22. The third-order valence-electron chi connectivity index (χ3n) is 6.00. The summed E-state index contributed by atoms with van der Waals surface area (Å²) in [6.07, 6.45) is 0. The summed E-state index contributed by atoms with van der Waals surface area (Å²) in [4.78, 5) is 40.9. The maximum absolute atomic E-state index is 13.1. The molecule has 0 N–H and O–H groups in total. The van der Waals surface area contributed by atoms with Gasteiger partial charge in [-0.05, 0) is 36.6 Å². The molecule has 0 bridgehead atoms. The van der Waals surface area contributed by atoms with Crippen LogP contribution >= 0.6 is 0 Å². The average molecular weight is 478 g/mol. The SMILES string of the molecule is CCN(C(=O)COC(=O)c1nn(-c2ccccc2)c(=O)c2ccccc12)c1cccc2ccccc12. The van der Waals surface area contributed by atoms with Crippen LogP contribution < -0.4 is 10.5 Å². The molecular formula is C29H23N3O4. The third-order valence-corrected chi connectivity index (χ3v) is 6.00. The van der Waals surface area contributed by atoms with Gasteiger partial charge in [0.15, 0.2) is 12.3 Å². The van der Waals surface area contributed by atoms with Gasteiger partial charge in [0.05, 0.1) is 16.8 Å². The van der Waals surface area contributed by atoms with Crippen LogP contribution in [-0.2, 0) is 9.53 Å². The second kappa shape index (κ2) is 9.84. The Hall–Kier alpha value is -4.78. The fourth-order valence-electron chi connectivity index (χ4n) is 4.28. The Morgan fingerprint density at radius 3 is 2.19 bits per heavy atom. The Kier molecular flexibility index (Phi) is 6.28. The molecule has 0 fully saturated rings. The maximum atomic E-state index is 13.1. The number of nitrogens with zero attached hydrogens (tertiary/aromatic N) is 3. The fraction of sp³-hybridized carbons (Fsp3) is 0.103. The first kappa shape index (κ1) is 23.0. The summed E-state index contributed by atoms with van der Waals surface area (Å²) in [5, 5.41) is 6.97. The summed E-state index contributed by atoms with van der Waals surface area (Å²) < 4.78 is 6.61. The van der Waals surface area contributed by atoms with Crippen LogP contribution in [0.2, 0.25) is 0 Å². The zero-order valence-corrected chi connectivity index (χ0v) is 19.6. The molecule has 1 amide bonds. The van der Waals surface area contributed by atoms with Gasteiger partial charge in [0.2, 0.25) is 0 Å². The van der Waals surface area contributed by atoms with Crippen molar-refractivity contribution in [2.45, 2.75) is 6.92 Å². The first-order valence-corrected chi connectivity index (χ1v) is 11.6. The van der Waals surface area contributed by atoms with Crippen molar-refractivity contribution in [3.63, 3.8) is 0 Å². The van der Waals surface area contributed by atoms with Crippen molar-refractivity contribution in [2.75, 3.05) is 18.1 Å². The lowest BCUT2D eigenvalue weighted by Gasteiger charge is -2.22. The molecule has 0 unspecified atom stereocenters. The van der Waals surface area contributed by atoms with Crippen molar-refractivity contribution in [1.29, 1.82) is 0 Å². The first-order chi connectivity index (χ1) is 17.6. The number of fused-ring (bicyclic) bond motifs is 2. The van der Waals surface area contributed by atoms with Gasteiger partial charge < -0.3 is 9.64 Å². The number of carbonyl (C=O) groups excluding carboxylic acids is 2. The van der Waals surface area contributed by atoms with Gasteiger partial charge in [0.1, 0.15) is 0 Å². The van der Waals surface area contributed by atoms with E-state index in [-0.39, 0.29) is 17.2 Å². The van der Waals surface area contributed by atoms with Gasteiger partial charge in [0, 0.05) is 17.3 Å². The summed E-state index contributed by atoms with van der Waals surface area (Å²) in [5.41, 5.74) is 0.886. The predicted octanol–water partition coefficient (Wildman–Crippen LogP) is 4.75. The highest BCUT2D eigenvalue weighted by atomic mass is 16.5. The normalized spacial score (nSPS) is 10.9. The average Bonchev–Trinajstić information content (AvgIpc) is 2.93. The van der Waals surface area contributed by atoms with Crippen LogP contribution in [0.3, 0.4) is 0 Å². The smallest absolute Gasteiger partial charge is 0.359 e. The van der Waals surface area contributed by atoms with E-state index < -0.39 is 12.6 Å². The number of esters is 1. The second-order valence-corrected chi connectivity index (χ2v) is 8.16. The number of likely N-dealkylation sites (N-methyl/N-ethyl adjacent to an activating group) is 1. The summed E-state index contributed by atoms with van der Waals surface area (Å²) in [5.74, 6) is -1.14. The molecule has 5 aromatic rings. The number of aromatic nitrogens is 2. The first-order valence-electron chi connectivity index (χ1n) is 11.6. The van der Waals surface area contributed by atoms with E-state index in [1.165, 1.54) is 4.68 Å². The lowest BCUT2D eigenvalue weighted by atomic mass is 10.1. The molecule has 36 heavy (non-hydrogen) atoms. The minimum atomic E-state index is -0.779. The highest BCUT2D eigenvalue weighted by Crippen LogP contribution is 2.27. The van der Waals surface area contributed by atoms with Crippen LogP contribution in [0.15, 0.2) is 102 Å². The van der Waals surface area contributed by atoms with Crippen molar-refractivity contribution in [2.24, 2.45) is 0 Å². The molecule has 0 aliphatic carbocycles. The number of carbonyl (C=O) groups is 2. The third kappa shape index (κ3) is 4.22. The van der Waals surface area contributed by atoms with E-state index in [9.17, 15) is 14.4 Å². The predicted molar refractivity (Wildman–Crippen MR) is 140 cm³/mol.